The molecule has 0 aromatic heterocycles. The van der Waals surface area contributed by atoms with E-state index in [-0.39, 0.29) is 24.6 Å². The lowest BCUT2D eigenvalue weighted by Crippen LogP contribution is -2.40. The number of halogens is 3. The van der Waals surface area contributed by atoms with E-state index in [2.05, 4.69) is 11.8 Å². The van der Waals surface area contributed by atoms with Crippen molar-refractivity contribution in [3.05, 3.63) is 0 Å². The highest BCUT2D eigenvalue weighted by molar-refractivity contribution is 5.86. The summed E-state index contributed by atoms with van der Waals surface area (Å²) < 4.78 is 26.5. The van der Waals surface area contributed by atoms with Gasteiger partial charge in [-0.25, -0.2) is 8.78 Å². The molecule has 132 valence electrons. The van der Waals surface area contributed by atoms with Gasteiger partial charge in [0.05, 0.1) is 5.92 Å². The number of nitrogens with zero attached hydrogens (tertiary/aromatic N) is 1. The SMILES string of the molecule is CCN(CCC(C(=O)C(C)(C)C)C(F)F)C1CCCCC1.Cl. The van der Waals surface area contributed by atoms with Crippen molar-refractivity contribution in [2.75, 3.05) is 13.1 Å². The Labute approximate surface area is 140 Å². The molecule has 0 saturated heterocycles. The number of carbonyl (C=O) groups is 1. The fourth-order valence-corrected chi connectivity index (χ4v) is 3.28. The fourth-order valence-electron chi connectivity index (χ4n) is 3.28. The van der Waals surface area contributed by atoms with Gasteiger partial charge in [0.15, 0.2) is 0 Å². The third-order valence-corrected chi connectivity index (χ3v) is 4.60. The number of ketones is 1. The summed E-state index contributed by atoms with van der Waals surface area (Å²) in [5, 5.41) is 0. The first-order chi connectivity index (χ1) is 9.77. The van der Waals surface area contributed by atoms with Crippen molar-refractivity contribution in [1.82, 2.24) is 4.90 Å². The van der Waals surface area contributed by atoms with Crippen LogP contribution < -0.4 is 0 Å². The van der Waals surface area contributed by atoms with Crippen molar-refractivity contribution >= 4 is 18.2 Å². The molecule has 1 saturated carbocycles. The third-order valence-electron chi connectivity index (χ3n) is 4.60. The van der Waals surface area contributed by atoms with Gasteiger partial charge in [0.1, 0.15) is 5.78 Å². The Bertz CT molecular complexity index is 325. The second kappa shape index (κ2) is 9.82. The molecule has 2 nitrogen and oxygen atoms in total. The van der Waals surface area contributed by atoms with Crippen LogP contribution in [0.5, 0.6) is 0 Å². The van der Waals surface area contributed by atoms with Crippen molar-refractivity contribution in [3.8, 4) is 0 Å². The minimum atomic E-state index is -2.55. The molecule has 1 aliphatic carbocycles. The highest BCUT2D eigenvalue weighted by atomic mass is 35.5. The maximum atomic E-state index is 13.2. The summed E-state index contributed by atoms with van der Waals surface area (Å²) in [4.78, 5) is 14.5. The Balaban J connectivity index is 0.00000441. The number of Topliss-reactive ketones (excluding diaryl/α,β-unsaturated/α-hetero) is 1. The second-order valence-electron chi connectivity index (χ2n) is 7.26. The maximum Gasteiger partial charge on any atom is 0.248 e. The number of rotatable bonds is 7. The quantitative estimate of drug-likeness (QED) is 0.654. The molecule has 0 aromatic carbocycles. The Morgan fingerprint density at radius 1 is 1.18 bits per heavy atom. The predicted molar refractivity (Wildman–Crippen MR) is 89.9 cm³/mol. The highest BCUT2D eigenvalue weighted by Gasteiger charge is 2.36. The van der Waals surface area contributed by atoms with Crippen LogP contribution in [0.4, 0.5) is 8.78 Å². The van der Waals surface area contributed by atoms with Crippen LogP contribution in [0.2, 0.25) is 0 Å². The predicted octanol–water partition coefficient (Wildman–Crippen LogP) is 4.95. The molecule has 0 aromatic rings. The first-order valence-corrected chi connectivity index (χ1v) is 8.34. The van der Waals surface area contributed by atoms with E-state index in [4.69, 9.17) is 0 Å². The molecule has 0 N–H and O–H groups in total. The molecular weight excluding hydrogens is 308 g/mol. The van der Waals surface area contributed by atoms with E-state index < -0.39 is 17.8 Å². The van der Waals surface area contributed by atoms with E-state index in [9.17, 15) is 13.6 Å². The van der Waals surface area contributed by atoms with Crippen LogP contribution in [0.1, 0.15) is 66.2 Å². The standard InChI is InChI=1S/C17H31F2NO.ClH/c1-5-20(13-9-7-6-8-10-13)12-11-14(16(18)19)15(21)17(2,3)4;/h13-14,16H,5-12H2,1-4H3;1H. The van der Waals surface area contributed by atoms with Crippen LogP contribution in [-0.2, 0) is 4.79 Å². The van der Waals surface area contributed by atoms with Gasteiger partial charge < -0.3 is 4.90 Å². The Morgan fingerprint density at radius 2 is 1.73 bits per heavy atom. The summed E-state index contributed by atoms with van der Waals surface area (Å²) in [6.07, 6.45) is 3.82. The lowest BCUT2D eigenvalue weighted by atomic mass is 9.81. The molecule has 0 spiro atoms. The summed E-state index contributed by atoms with van der Waals surface area (Å²) >= 11 is 0. The molecule has 0 aliphatic heterocycles. The van der Waals surface area contributed by atoms with Gasteiger partial charge in [0.25, 0.3) is 0 Å². The highest BCUT2D eigenvalue weighted by Crippen LogP contribution is 2.28. The molecule has 22 heavy (non-hydrogen) atoms. The monoisotopic (exact) mass is 339 g/mol. The molecule has 1 fully saturated rings. The van der Waals surface area contributed by atoms with E-state index >= 15 is 0 Å². The zero-order chi connectivity index (χ0) is 16.0. The molecule has 0 heterocycles. The van der Waals surface area contributed by atoms with Gasteiger partial charge in [-0.05, 0) is 32.4 Å². The molecule has 1 unspecified atom stereocenters. The Morgan fingerprint density at radius 3 is 2.14 bits per heavy atom. The van der Waals surface area contributed by atoms with Crippen LogP contribution in [0, 0.1) is 11.3 Å². The van der Waals surface area contributed by atoms with Gasteiger partial charge in [0.2, 0.25) is 6.43 Å². The van der Waals surface area contributed by atoms with Gasteiger partial charge in [-0.3, -0.25) is 4.79 Å². The van der Waals surface area contributed by atoms with Crippen molar-refractivity contribution in [2.45, 2.75) is 78.7 Å². The number of alkyl halides is 2. The van der Waals surface area contributed by atoms with Gasteiger partial charge in [0, 0.05) is 11.5 Å². The lowest BCUT2D eigenvalue weighted by Gasteiger charge is -2.34. The Hall–Kier alpha value is -0.220. The smallest absolute Gasteiger partial charge is 0.248 e. The van der Waals surface area contributed by atoms with Crippen molar-refractivity contribution < 1.29 is 13.6 Å². The lowest BCUT2D eigenvalue weighted by molar-refractivity contribution is -0.136. The fraction of sp³-hybridized carbons (Fsp3) is 0.941. The summed E-state index contributed by atoms with van der Waals surface area (Å²) in [6.45, 7) is 8.75. The zero-order valence-electron chi connectivity index (χ0n) is 14.4. The summed E-state index contributed by atoms with van der Waals surface area (Å²) in [5.41, 5.74) is -0.691. The summed E-state index contributed by atoms with van der Waals surface area (Å²) in [7, 11) is 0. The van der Waals surface area contributed by atoms with E-state index in [1.165, 1.54) is 32.1 Å². The Kier molecular flexibility index (Phi) is 9.72. The summed E-state index contributed by atoms with van der Waals surface area (Å²) in [6, 6.07) is 0.520. The van der Waals surface area contributed by atoms with Gasteiger partial charge in [-0.15, -0.1) is 12.4 Å². The molecule has 1 rings (SSSR count). The van der Waals surface area contributed by atoms with Gasteiger partial charge in [-0.2, -0.15) is 0 Å². The topological polar surface area (TPSA) is 20.3 Å². The van der Waals surface area contributed by atoms with Crippen LogP contribution in [-0.4, -0.2) is 36.2 Å². The van der Waals surface area contributed by atoms with Crippen LogP contribution in [0.15, 0.2) is 0 Å². The molecular formula is C17H32ClF2NO. The summed E-state index contributed by atoms with van der Waals surface area (Å²) in [5.74, 6) is -1.43. The zero-order valence-corrected chi connectivity index (χ0v) is 15.2. The van der Waals surface area contributed by atoms with Gasteiger partial charge >= 0.3 is 0 Å². The molecule has 5 heteroatoms. The van der Waals surface area contributed by atoms with Crippen LogP contribution in [0.25, 0.3) is 0 Å². The average molecular weight is 340 g/mol. The first-order valence-electron chi connectivity index (χ1n) is 8.34. The molecule has 0 bridgehead atoms. The van der Waals surface area contributed by atoms with Crippen LogP contribution >= 0.6 is 12.4 Å². The normalized spacial score (nSPS) is 18.4. The molecule has 0 radical (unpaired) electrons. The van der Waals surface area contributed by atoms with E-state index in [0.717, 1.165) is 6.54 Å². The average Bonchev–Trinajstić information content (AvgIpc) is 2.42. The molecule has 0 amide bonds. The maximum absolute atomic E-state index is 13.2. The minimum Gasteiger partial charge on any atom is -0.301 e. The van der Waals surface area contributed by atoms with Gasteiger partial charge in [-0.1, -0.05) is 47.0 Å². The van der Waals surface area contributed by atoms with Crippen LogP contribution in [0.3, 0.4) is 0 Å². The van der Waals surface area contributed by atoms with Crippen molar-refractivity contribution in [2.24, 2.45) is 11.3 Å². The molecule has 1 aliphatic rings. The van der Waals surface area contributed by atoms with Crippen molar-refractivity contribution in [3.63, 3.8) is 0 Å². The second-order valence-corrected chi connectivity index (χ2v) is 7.26. The first kappa shape index (κ1) is 21.8. The third kappa shape index (κ3) is 6.49. The van der Waals surface area contributed by atoms with Crippen molar-refractivity contribution in [1.29, 1.82) is 0 Å². The van der Waals surface area contributed by atoms with E-state index in [1.807, 2.05) is 0 Å². The number of carbonyl (C=O) groups excluding carboxylic acids is 1. The number of hydrogen-bond donors (Lipinski definition) is 0. The molecule has 1 atom stereocenters. The largest absolute Gasteiger partial charge is 0.301 e. The minimum absolute atomic E-state index is 0. The van der Waals surface area contributed by atoms with E-state index in [1.54, 1.807) is 20.8 Å². The van der Waals surface area contributed by atoms with E-state index in [0.29, 0.717) is 12.6 Å². The number of hydrogen-bond acceptors (Lipinski definition) is 2.